The maximum absolute atomic E-state index is 12.4. The van der Waals surface area contributed by atoms with Gasteiger partial charge in [-0.1, -0.05) is 11.3 Å². The van der Waals surface area contributed by atoms with E-state index in [1.807, 2.05) is 0 Å². The van der Waals surface area contributed by atoms with Gasteiger partial charge in [0.25, 0.3) is 0 Å². The zero-order valence-corrected chi connectivity index (χ0v) is 9.17. The first-order chi connectivity index (χ1) is 7.84. The van der Waals surface area contributed by atoms with Crippen LogP contribution in [0.4, 0.5) is 13.2 Å². The molecule has 17 heavy (non-hydrogen) atoms. The zero-order valence-electron chi connectivity index (χ0n) is 8.35. The Labute approximate surface area is 95.0 Å². The van der Waals surface area contributed by atoms with E-state index in [9.17, 15) is 22.8 Å². The Balaban J connectivity index is 2.84. The summed E-state index contributed by atoms with van der Waals surface area (Å²) in [4.78, 5) is 25.9. The fraction of sp³-hybridized carbons (Fsp3) is 0.429. The van der Waals surface area contributed by atoms with Crippen molar-refractivity contribution >= 4 is 16.3 Å². The normalized spacial score (nSPS) is 12.2. The number of hydrogen-bond acceptors (Lipinski definition) is 5. The van der Waals surface area contributed by atoms with Crippen LogP contribution in [0.25, 0.3) is 4.96 Å². The third-order valence-electron chi connectivity index (χ3n) is 1.95. The highest BCUT2D eigenvalue weighted by atomic mass is 32.1. The van der Waals surface area contributed by atoms with Crippen molar-refractivity contribution in [3.8, 4) is 0 Å². The molecule has 0 aromatic carbocycles. The molecule has 0 aliphatic carbocycles. The first-order valence-corrected chi connectivity index (χ1v) is 5.24. The minimum Gasteiger partial charge on any atom is -0.245 e. The third-order valence-corrected chi connectivity index (χ3v) is 2.91. The van der Waals surface area contributed by atoms with Crippen molar-refractivity contribution < 1.29 is 13.2 Å². The maximum Gasteiger partial charge on any atom is 0.445 e. The Bertz CT molecular complexity index is 683. The number of nitrogens with zero attached hydrogens (tertiary/aromatic N) is 4. The Morgan fingerprint density at radius 1 is 1.35 bits per heavy atom. The molecule has 0 amide bonds. The molecule has 0 fully saturated rings. The Kier molecular flexibility index (Phi) is 2.53. The molecule has 2 aromatic heterocycles. The molecule has 2 rings (SSSR count). The molecule has 2 aromatic rings. The van der Waals surface area contributed by atoms with Crippen molar-refractivity contribution in [2.75, 3.05) is 0 Å². The predicted molar refractivity (Wildman–Crippen MR) is 52.1 cm³/mol. The van der Waals surface area contributed by atoms with Crippen LogP contribution in [0.1, 0.15) is 11.9 Å². The highest BCUT2D eigenvalue weighted by molar-refractivity contribution is 7.16. The van der Waals surface area contributed by atoms with Crippen LogP contribution in [0.3, 0.4) is 0 Å². The molecule has 0 saturated carbocycles. The van der Waals surface area contributed by atoms with Gasteiger partial charge in [-0.3, -0.25) is 0 Å². The number of fused-ring (bicyclic) bond motifs is 1. The van der Waals surface area contributed by atoms with Crippen LogP contribution in [0.15, 0.2) is 9.59 Å². The lowest BCUT2D eigenvalue weighted by atomic mass is 10.7. The molecule has 2 heterocycles. The first kappa shape index (κ1) is 11.8. The molecule has 0 spiro atoms. The van der Waals surface area contributed by atoms with Crippen LogP contribution < -0.4 is 11.4 Å². The van der Waals surface area contributed by atoms with E-state index in [1.54, 1.807) is 0 Å². The Morgan fingerprint density at radius 3 is 2.53 bits per heavy atom. The molecule has 0 atom stereocenters. The van der Waals surface area contributed by atoms with Crippen LogP contribution in [0.2, 0.25) is 0 Å². The number of halogens is 3. The van der Waals surface area contributed by atoms with Gasteiger partial charge in [0.2, 0.25) is 9.97 Å². The molecule has 0 bridgehead atoms. The molecule has 0 unspecified atom stereocenters. The molecule has 0 N–H and O–H groups in total. The summed E-state index contributed by atoms with van der Waals surface area (Å²) in [6, 6.07) is 0. The fourth-order valence-corrected chi connectivity index (χ4v) is 1.94. The average Bonchev–Trinajstić information content (AvgIpc) is 2.61. The molecular weight excluding hydrogens is 261 g/mol. The topological polar surface area (TPSA) is 69.3 Å². The lowest BCUT2D eigenvalue weighted by molar-refractivity contribution is -0.138. The van der Waals surface area contributed by atoms with Gasteiger partial charge < -0.3 is 0 Å². The molecule has 10 heteroatoms. The quantitative estimate of drug-likeness (QED) is 0.747. The van der Waals surface area contributed by atoms with Gasteiger partial charge in [0.1, 0.15) is 0 Å². The molecule has 0 aliphatic rings. The van der Waals surface area contributed by atoms with E-state index in [4.69, 9.17) is 0 Å². The molecule has 0 aliphatic heterocycles. The van der Waals surface area contributed by atoms with Crippen molar-refractivity contribution in [3.63, 3.8) is 0 Å². The predicted octanol–water partition coefficient (Wildman–Crippen LogP) is 0.351. The smallest absolute Gasteiger partial charge is 0.245 e. The third kappa shape index (κ3) is 1.84. The van der Waals surface area contributed by atoms with E-state index < -0.39 is 22.6 Å². The summed E-state index contributed by atoms with van der Waals surface area (Å²) in [7, 11) is 0. The van der Waals surface area contributed by atoms with Crippen LogP contribution in [0.5, 0.6) is 0 Å². The van der Waals surface area contributed by atoms with Crippen molar-refractivity contribution in [1.82, 2.24) is 19.2 Å². The molecule has 6 nitrogen and oxygen atoms in total. The summed E-state index contributed by atoms with van der Waals surface area (Å²) >= 11 is 0.154. The number of aromatic nitrogens is 4. The van der Waals surface area contributed by atoms with Gasteiger partial charge in [0.05, 0.1) is 0 Å². The SMILES string of the molecule is CCn1c(=O)nc2sc(C(F)(F)F)nn2c1=O. The standard InChI is InChI=1S/C7H5F3N4O2S/c1-2-13-4(15)11-5-14(6(13)16)12-3(17-5)7(8,9)10/h2H2,1H3. The van der Waals surface area contributed by atoms with Gasteiger partial charge in [-0.25, -0.2) is 14.2 Å². The summed E-state index contributed by atoms with van der Waals surface area (Å²) in [5, 5.41) is 1.90. The Morgan fingerprint density at radius 2 is 2.00 bits per heavy atom. The van der Waals surface area contributed by atoms with Crippen LogP contribution in [0, 0.1) is 0 Å². The minimum absolute atomic E-state index is 0.0203. The van der Waals surface area contributed by atoms with Crippen molar-refractivity contribution in [2.45, 2.75) is 19.6 Å². The molecule has 0 radical (unpaired) electrons. The van der Waals surface area contributed by atoms with Gasteiger partial charge in [-0.15, -0.1) is 5.10 Å². The zero-order chi connectivity index (χ0) is 12.8. The minimum atomic E-state index is -4.66. The monoisotopic (exact) mass is 266 g/mol. The summed E-state index contributed by atoms with van der Waals surface area (Å²) in [5.74, 6) is 0. The number of hydrogen-bond donors (Lipinski definition) is 0. The van der Waals surface area contributed by atoms with Crippen molar-refractivity contribution in [1.29, 1.82) is 0 Å². The highest BCUT2D eigenvalue weighted by Gasteiger charge is 2.36. The van der Waals surface area contributed by atoms with Crippen LogP contribution in [-0.2, 0) is 12.7 Å². The largest absolute Gasteiger partial charge is 0.445 e. The average molecular weight is 266 g/mol. The Hall–Kier alpha value is -1.71. The second-order valence-electron chi connectivity index (χ2n) is 3.02. The van der Waals surface area contributed by atoms with Crippen LogP contribution >= 0.6 is 11.3 Å². The lowest BCUT2D eigenvalue weighted by Gasteiger charge is -1.98. The van der Waals surface area contributed by atoms with E-state index in [2.05, 4.69) is 10.1 Å². The van der Waals surface area contributed by atoms with Crippen molar-refractivity contribution in [2.24, 2.45) is 0 Å². The second-order valence-corrected chi connectivity index (χ2v) is 3.98. The van der Waals surface area contributed by atoms with E-state index in [0.717, 1.165) is 0 Å². The summed E-state index contributed by atoms with van der Waals surface area (Å²) in [5.41, 5.74) is -1.80. The number of rotatable bonds is 1. The molecular formula is C7H5F3N4O2S. The maximum atomic E-state index is 12.4. The van der Waals surface area contributed by atoms with E-state index in [-0.39, 0.29) is 22.8 Å². The van der Waals surface area contributed by atoms with Gasteiger partial charge in [-0.2, -0.15) is 22.7 Å². The van der Waals surface area contributed by atoms with Gasteiger partial charge >= 0.3 is 17.6 Å². The highest BCUT2D eigenvalue weighted by Crippen LogP contribution is 2.31. The summed E-state index contributed by atoms with van der Waals surface area (Å²) < 4.78 is 38.3. The van der Waals surface area contributed by atoms with Crippen LogP contribution in [-0.4, -0.2) is 19.2 Å². The van der Waals surface area contributed by atoms with Gasteiger partial charge in [-0.05, 0) is 6.92 Å². The second kappa shape index (κ2) is 3.65. The van der Waals surface area contributed by atoms with Gasteiger partial charge in [0, 0.05) is 6.54 Å². The summed E-state index contributed by atoms with van der Waals surface area (Å²) in [6.07, 6.45) is -4.66. The first-order valence-electron chi connectivity index (χ1n) is 4.42. The lowest BCUT2D eigenvalue weighted by Crippen LogP contribution is -2.38. The van der Waals surface area contributed by atoms with E-state index in [1.165, 1.54) is 6.92 Å². The fourth-order valence-electron chi connectivity index (χ4n) is 1.20. The molecule has 0 saturated heterocycles. The van der Waals surface area contributed by atoms with E-state index in [0.29, 0.717) is 9.08 Å². The van der Waals surface area contributed by atoms with Gasteiger partial charge in [0.15, 0.2) is 0 Å². The molecule has 92 valence electrons. The van der Waals surface area contributed by atoms with E-state index >= 15 is 0 Å². The summed E-state index contributed by atoms with van der Waals surface area (Å²) in [6.45, 7) is 1.53. The number of alkyl halides is 3. The van der Waals surface area contributed by atoms with Crippen molar-refractivity contribution in [3.05, 3.63) is 26.0 Å².